The van der Waals surface area contributed by atoms with Crippen LogP contribution in [0.3, 0.4) is 0 Å². The van der Waals surface area contributed by atoms with Gasteiger partial charge in [0.2, 0.25) is 0 Å². The lowest BCUT2D eigenvalue weighted by Crippen LogP contribution is -2.05. The molecule has 4 aromatic rings. The Kier molecular flexibility index (Phi) is 5.60. The van der Waals surface area contributed by atoms with Crippen LogP contribution >= 0.6 is 0 Å². The Hall–Kier alpha value is -4.19. The molecule has 160 valence electrons. The molecule has 4 rings (SSSR count). The van der Waals surface area contributed by atoms with Crippen molar-refractivity contribution in [2.45, 2.75) is 33.2 Å². The normalized spacial score (nSPS) is 11.0. The molecule has 32 heavy (non-hydrogen) atoms. The summed E-state index contributed by atoms with van der Waals surface area (Å²) in [6, 6.07) is 13.1. The highest BCUT2D eigenvalue weighted by atomic mass is 19.1. The molecule has 3 aromatic heterocycles. The number of aromatic nitrogens is 6. The Bertz CT molecular complexity index is 1340. The molecule has 0 saturated carbocycles. The number of halogens is 1. The van der Waals surface area contributed by atoms with Crippen molar-refractivity contribution in [2.75, 3.05) is 5.73 Å². The van der Waals surface area contributed by atoms with E-state index in [1.165, 1.54) is 0 Å². The lowest BCUT2D eigenvalue weighted by atomic mass is 10.0. The number of hydrogen-bond acceptors (Lipinski definition) is 7. The second-order valence-electron chi connectivity index (χ2n) is 7.69. The molecule has 0 aliphatic heterocycles. The zero-order chi connectivity index (χ0) is 22.8. The molecule has 0 atom stereocenters. The highest BCUT2D eigenvalue weighted by molar-refractivity contribution is 5.69. The van der Waals surface area contributed by atoms with E-state index in [9.17, 15) is 9.65 Å². The molecule has 1 aromatic carbocycles. The van der Waals surface area contributed by atoms with Crippen molar-refractivity contribution in [3.05, 3.63) is 70.9 Å². The summed E-state index contributed by atoms with van der Waals surface area (Å²) in [5, 5.41) is 17.5. The molecule has 3 heterocycles. The van der Waals surface area contributed by atoms with Gasteiger partial charge >= 0.3 is 0 Å². The largest absolute Gasteiger partial charge is 0.381 e. The van der Waals surface area contributed by atoms with Crippen LogP contribution in [0.25, 0.3) is 22.8 Å². The number of hydrogen-bond donors (Lipinski definition) is 1. The number of nitrogens with zero attached hydrogens (tertiary/aromatic N) is 7. The summed E-state index contributed by atoms with van der Waals surface area (Å²) in [6.07, 6.45) is 1.59. The first-order chi connectivity index (χ1) is 15.4. The van der Waals surface area contributed by atoms with Gasteiger partial charge in [-0.2, -0.15) is 5.26 Å². The first kappa shape index (κ1) is 21.1. The lowest BCUT2D eigenvalue weighted by Gasteiger charge is -2.09. The van der Waals surface area contributed by atoms with E-state index in [4.69, 9.17) is 5.73 Å². The van der Waals surface area contributed by atoms with Gasteiger partial charge in [-0.25, -0.2) is 19.0 Å². The maximum atomic E-state index is 14.8. The molecule has 0 bridgehead atoms. The number of nitriles is 1. The van der Waals surface area contributed by atoms with E-state index in [0.29, 0.717) is 29.2 Å². The number of benzene rings is 1. The van der Waals surface area contributed by atoms with E-state index < -0.39 is 5.82 Å². The number of anilines is 1. The number of nitrogen functional groups attached to an aromatic ring is 1. The van der Waals surface area contributed by atoms with Crippen molar-refractivity contribution in [2.24, 2.45) is 0 Å². The van der Waals surface area contributed by atoms with E-state index >= 15 is 0 Å². The summed E-state index contributed by atoms with van der Waals surface area (Å²) < 4.78 is 16.4. The molecule has 0 saturated heterocycles. The van der Waals surface area contributed by atoms with Crippen LogP contribution in [0.5, 0.6) is 0 Å². The second-order valence-corrected chi connectivity index (χ2v) is 7.69. The first-order valence-corrected chi connectivity index (χ1v) is 10.1. The summed E-state index contributed by atoms with van der Waals surface area (Å²) in [5.74, 6) is -0.544. The van der Waals surface area contributed by atoms with Crippen molar-refractivity contribution in [3.8, 4) is 28.8 Å². The molecule has 8 nitrogen and oxygen atoms in total. The second kappa shape index (κ2) is 8.51. The lowest BCUT2D eigenvalue weighted by molar-refractivity contribution is 0.623. The Morgan fingerprint density at radius 2 is 1.91 bits per heavy atom. The van der Waals surface area contributed by atoms with Gasteiger partial charge in [0, 0.05) is 11.3 Å². The van der Waals surface area contributed by atoms with Crippen LogP contribution in [0.15, 0.2) is 42.6 Å². The van der Waals surface area contributed by atoms with Gasteiger partial charge in [-0.3, -0.25) is 4.98 Å². The minimum atomic E-state index is -0.769. The molecule has 9 heteroatoms. The van der Waals surface area contributed by atoms with Crippen LogP contribution in [0, 0.1) is 24.1 Å². The minimum Gasteiger partial charge on any atom is -0.381 e. The van der Waals surface area contributed by atoms with Gasteiger partial charge in [0.1, 0.15) is 11.4 Å². The fraction of sp³-hybridized carbons (Fsp3) is 0.217. The summed E-state index contributed by atoms with van der Waals surface area (Å²) in [4.78, 5) is 13.1. The maximum absolute atomic E-state index is 14.8. The average molecular weight is 428 g/mol. The van der Waals surface area contributed by atoms with Crippen molar-refractivity contribution >= 4 is 5.82 Å². The minimum absolute atomic E-state index is 0.0515. The van der Waals surface area contributed by atoms with Crippen LogP contribution in [-0.2, 0) is 6.54 Å². The van der Waals surface area contributed by atoms with Gasteiger partial charge in [-0.1, -0.05) is 37.3 Å². The monoisotopic (exact) mass is 428 g/mol. The zero-order valence-corrected chi connectivity index (χ0v) is 17.9. The molecule has 0 amide bonds. The van der Waals surface area contributed by atoms with Gasteiger partial charge in [0.15, 0.2) is 17.5 Å². The summed E-state index contributed by atoms with van der Waals surface area (Å²) in [7, 11) is 0. The van der Waals surface area contributed by atoms with Gasteiger partial charge < -0.3 is 5.73 Å². The fourth-order valence-corrected chi connectivity index (χ4v) is 3.31. The predicted molar refractivity (Wildman–Crippen MR) is 118 cm³/mol. The number of nitrogens with two attached hydrogens (primary N) is 1. The Labute approximate surface area is 184 Å². The molecule has 0 aliphatic carbocycles. The Morgan fingerprint density at radius 3 is 2.66 bits per heavy atom. The Balaban J connectivity index is 1.70. The van der Waals surface area contributed by atoms with Gasteiger partial charge in [0.25, 0.3) is 0 Å². The third-order valence-electron chi connectivity index (χ3n) is 5.10. The summed E-state index contributed by atoms with van der Waals surface area (Å²) in [5.41, 5.74) is 9.58. The van der Waals surface area contributed by atoms with Crippen LogP contribution in [0.4, 0.5) is 10.2 Å². The highest BCUT2D eigenvalue weighted by Crippen LogP contribution is 2.28. The quantitative estimate of drug-likeness (QED) is 0.512. The average Bonchev–Trinajstić information content (AvgIpc) is 3.24. The van der Waals surface area contributed by atoms with Crippen LogP contribution in [0.2, 0.25) is 0 Å². The van der Waals surface area contributed by atoms with Gasteiger partial charge in [-0.15, -0.1) is 5.10 Å². The molecule has 0 spiro atoms. The van der Waals surface area contributed by atoms with E-state index in [1.807, 2.05) is 18.2 Å². The summed E-state index contributed by atoms with van der Waals surface area (Å²) >= 11 is 0. The Morgan fingerprint density at radius 1 is 1.12 bits per heavy atom. The fourth-order valence-electron chi connectivity index (χ4n) is 3.31. The molecular weight excluding hydrogens is 407 g/mol. The van der Waals surface area contributed by atoms with Crippen LogP contribution in [-0.4, -0.2) is 29.9 Å². The van der Waals surface area contributed by atoms with Crippen LogP contribution in [0.1, 0.15) is 42.3 Å². The molecule has 0 unspecified atom stereocenters. The molecule has 0 aliphatic rings. The van der Waals surface area contributed by atoms with Gasteiger partial charge in [0.05, 0.1) is 30.1 Å². The van der Waals surface area contributed by atoms with Crippen molar-refractivity contribution in [1.82, 2.24) is 29.9 Å². The van der Waals surface area contributed by atoms with Crippen molar-refractivity contribution < 1.29 is 4.39 Å². The zero-order valence-electron chi connectivity index (χ0n) is 17.9. The molecule has 0 fully saturated rings. The SMILES string of the molecule is Cc1c(C#N)cccc1-c1nc(N)c(F)c(-c2cn(Cc3cccc(C(C)C)n3)nn2)n1. The molecular formula is C23H21FN8. The van der Waals surface area contributed by atoms with E-state index in [1.54, 1.807) is 36.0 Å². The van der Waals surface area contributed by atoms with Gasteiger partial charge in [-0.05, 0) is 36.6 Å². The van der Waals surface area contributed by atoms with E-state index in [-0.39, 0.29) is 23.0 Å². The smallest absolute Gasteiger partial charge is 0.193 e. The third-order valence-corrected chi connectivity index (χ3v) is 5.10. The standard InChI is InChI=1S/C23H21FN8/c1-13(2)18-9-5-7-16(27-18)11-32-12-19(30-31-32)21-20(24)22(26)29-23(28-21)17-8-4-6-15(10-25)14(17)3/h4-9,12-13H,11H2,1-3H3,(H2,26,28,29). The van der Waals surface area contributed by atoms with Crippen molar-refractivity contribution in [1.29, 1.82) is 5.26 Å². The van der Waals surface area contributed by atoms with Crippen molar-refractivity contribution in [3.63, 3.8) is 0 Å². The maximum Gasteiger partial charge on any atom is 0.193 e. The summed E-state index contributed by atoms with van der Waals surface area (Å²) in [6.45, 7) is 6.32. The first-order valence-electron chi connectivity index (χ1n) is 10.1. The molecule has 0 radical (unpaired) electrons. The topological polar surface area (TPSA) is 119 Å². The van der Waals surface area contributed by atoms with Crippen LogP contribution < -0.4 is 5.73 Å². The number of pyridine rings is 1. The molecule has 2 N–H and O–H groups in total. The predicted octanol–water partition coefficient (Wildman–Crippen LogP) is 3.87. The highest BCUT2D eigenvalue weighted by Gasteiger charge is 2.19. The van der Waals surface area contributed by atoms with E-state index in [0.717, 1.165) is 11.4 Å². The van der Waals surface area contributed by atoms with E-state index in [2.05, 4.69) is 45.2 Å². The number of rotatable bonds is 5. The third kappa shape index (κ3) is 4.03.